The van der Waals surface area contributed by atoms with Crippen LogP contribution in [-0.4, -0.2) is 38.3 Å². The quantitative estimate of drug-likeness (QED) is 0.280. The molecule has 0 fully saturated rings. The van der Waals surface area contributed by atoms with Gasteiger partial charge < -0.3 is 4.74 Å². The summed E-state index contributed by atoms with van der Waals surface area (Å²) in [6.07, 6.45) is 2.73. The first-order chi connectivity index (χ1) is 17.8. The molecule has 0 atom stereocenters. The Morgan fingerprint density at radius 1 is 0.757 bits per heavy atom. The van der Waals surface area contributed by atoms with Crippen molar-refractivity contribution >= 4 is 23.1 Å². The van der Waals surface area contributed by atoms with E-state index in [1.807, 2.05) is 75.4 Å². The van der Waals surface area contributed by atoms with Crippen molar-refractivity contribution in [1.29, 1.82) is 0 Å². The fraction of sp³-hybridized carbons (Fsp3) is 0.200. The Balaban J connectivity index is 1.80. The molecule has 1 amide bonds. The van der Waals surface area contributed by atoms with E-state index in [0.29, 0.717) is 17.0 Å². The summed E-state index contributed by atoms with van der Waals surface area (Å²) >= 11 is 0. The number of hydrogen-bond donors (Lipinski definition) is 0. The molecule has 0 N–H and O–H groups in total. The van der Waals surface area contributed by atoms with E-state index >= 15 is 0 Å². The molecule has 0 spiro atoms. The molecule has 0 aliphatic carbocycles. The molecule has 0 radical (unpaired) electrons. The molecule has 0 saturated heterocycles. The number of rotatable bonds is 5. The van der Waals surface area contributed by atoms with Crippen LogP contribution in [0.3, 0.4) is 0 Å². The molecule has 2 aromatic heterocycles. The Morgan fingerprint density at radius 2 is 1.24 bits per heavy atom. The van der Waals surface area contributed by atoms with Gasteiger partial charge in [-0.15, -0.1) is 0 Å². The molecule has 186 valence electrons. The second-order valence-electron chi connectivity index (χ2n) is 9.83. The summed E-state index contributed by atoms with van der Waals surface area (Å²) in [4.78, 5) is 28.1. The Morgan fingerprint density at radius 3 is 1.70 bits per heavy atom. The monoisotopic (exact) mass is 491 g/mol. The molecule has 0 bridgehead atoms. The van der Waals surface area contributed by atoms with Gasteiger partial charge in [-0.25, -0.2) is 19.7 Å². The number of imidazole rings is 1. The third kappa shape index (κ3) is 4.33. The molecule has 7 heteroatoms. The highest BCUT2D eigenvalue weighted by Gasteiger charge is 2.40. The van der Waals surface area contributed by atoms with Crippen molar-refractivity contribution in [2.75, 3.05) is 11.9 Å². The first-order valence-electron chi connectivity index (χ1n) is 12.1. The summed E-state index contributed by atoms with van der Waals surface area (Å²) in [6, 6.07) is 30.9. The van der Waals surface area contributed by atoms with E-state index in [2.05, 4.69) is 50.9 Å². The van der Waals surface area contributed by atoms with Crippen LogP contribution in [0.2, 0.25) is 0 Å². The minimum atomic E-state index is -0.783. The summed E-state index contributed by atoms with van der Waals surface area (Å²) in [6.45, 7) is 5.49. The van der Waals surface area contributed by atoms with E-state index in [0.717, 1.165) is 16.7 Å². The maximum absolute atomic E-state index is 12.9. The molecular weight excluding hydrogens is 462 g/mol. The van der Waals surface area contributed by atoms with Crippen LogP contribution in [0.15, 0.2) is 104 Å². The van der Waals surface area contributed by atoms with Crippen LogP contribution < -0.4 is 4.90 Å². The predicted molar refractivity (Wildman–Crippen MR) is 145 cm³/mol. The molecule has 0 aliphatic rings. The van der Waals surface area contributed by atoms with E-state index < -0.39 is 17.2 Å². The lowest BCUT2D eigenvalue weighted by Gasteiger charge is -2.37. The average molecular weight is 492 g/mol. The van der Waals surface area contributed by atoms with Crippen molar-refractivity contribution in [3.05, 3.63) is 120 Å². The van der Waals surface area contributed by atoms with Crippen molar-refractivity contribution in [1.82, 2.24) is 19.5 Å². The van der Waals surface area contributed by atoms with Gasteiger partial charge in [0.15, 0.2) is 17.0 Å². The fourth-order valence-electron chi connectivity index (χ4n) is 4.69. The first kappa shape index (κ1) is 24.2. The van der Waals surface area contributed by atoms with E-state index in [4.69, 9.17) is 9.72 Å². The largest absolute Gasteiger partial charge is 0.443 e. The summed E-state index contributed by atoms with van der Waals surface area (Å²) in [7, 11) is 1.63. The summed E-state index contributed by atoms with van der Waals surface area (Å²) in [5.74, 6) is 0.376. The third-order valence-electron chi connectivity index (χ3n) is 6.24. The number of carbonyl (C=O) groups is 1. The number of fused-ring (bicyclic) bond motifs is 1. The minimum Gasteiger partial charge on any atom is -0.443 e. The number of nitrogens with zero attached hydrogens (tertiary/aromatic N) is 5. The highest BCUT2D eigenvalue weighted by Crippen LogP contribution is 2.42. The zero-order valence-electron chi connectivity index (χ0n) is 21.4. The van der Waals surface area contributed by atoms with Crippen molar-refractivity contribution in [3.63, 3.8) is 0 Å². The maximum atomic E-state index is 12.9. The predicted octanol–water partition coefficient (Wildman–Crippen LogP) is 6.04. The summed E-state index contributed by atoms with van der Waals surface area (Å²) in [5.41, 5.74) is 2.82. The van der Waals surface area contributed by atoms with Gasteiger partial charge >= 0.3 is 6.09 Å². The van der Waals surface area contributed by atoms with Crippen molar-refractivity contribution in [3.8, 4) is 0 Å². The summed E-state index contributed by atoms with van der Waals surface area (Å²) in [5, 5.41) is 0. The Bertz CT molecular complexity index is 1410. The van der Waals surface area contributed by atoms with Gasteiger partial charge in [-0.05, 0) is 37.5 Å². The van der Waals surface area contributed by atoms with Crippen LogP contribution >= 0.6 is 0 Å². The van der Waals surface area contributed by atoms with Gasteiger partial charge in [-0.2, -0.15) is 0 Å². The fourth-order valence-corrected chi connectivity index (χ4v) is 4.69. The topological polar surface area (TPSA) is 73.1 Å². The van der Waals surface area contributed by atoms with Gasteiger partial charge in [0.1, 0.15) is 17.5 Å². The van der Waals surface area contributed by atoms with Crippen molar-refractivity contribution < 1.29 is 9.53 Å². The van der Waals surface area contributed by atoms with Crippen LogP contribution in [0.5, 0.6) is 0 Å². The number of benzene rings is 3. The molecule has 37 heavy (non-hydrogen) atoms. The number of carbonyl (C=O) groups excluding carboxylic acids is 1. The van der Waals surface area contributed by atoms with E-state index in [1.165, 1.54) is 11.2 Å². The van der Waals surface area contributed by atoms with E-state index in [9.17, 15) is 4.79 Å². The molecular formula is C30H29N5O2. The normalized spacial score (nSPS) is 11.9. The van der Waals surface area contributed by atoms with Gasteiger partial charge in [0.05, 0.1) is 6.33 Å². The van der Waals surface area contributed by atoms with Gasteiger partial charge in [0.25, 0.3) is 0 Å². The van der Waals surface area contributed by atoms with Crippen LogP contribution in [0.4, 0.5) is 10.6 Å². The highest BCUT2D eigenvalue weighted by molar-refractivity contribution is 5.95. The van der Waals surface area contributed by atoms with Gasteiger partial charge in [0, 0.05) is 7.05 Å². The molecule has 0 aliphatic heterocycles. The average Bonchev–Trinajstić information content (AvgIpc) is 3.34. The molecule has 0 unspecified atom stereocenters. The number of hydrogen-bond acceptors (Lipinski definition) is 5. The lowest BCUT2D eigenvalue weighted by Crippen LogP contribution is -2.37. The second kappa shape index (κ2) is 9.50. The second-order valence-corrected chi connectivity index (χ2v) is 9.83. The first-order valence-corrected chi connectivity index (χ1v) is 12.1. The molecule has 2 heterocycles. The SMILES string of the molecule is CN(C(=O)OC(C)(C)C)c1ncnc2c1ncn2C(c1ccccc1)(c1ccccc1)c1ccccc1. The van der Waals surface area contributed by atoms with Crippen LogP contribution in [-0.2, 0) is 10.3 Å². The van der Waals surface area contributed by atoms with Gasteiger partial charge in [-0.3, -0.25) is 9.47 Å². The smallest absolute Gasteiger partial charge is 0.415 e. The van der Waals surface area contributed by atoms with E-state index in [-0.39, 0.29) is 0 Å². The Labute approximate surface area is 216 Å². The Hall–Kier alpha value is -4.52. The molecule has 5 aromatic rings. The maximum Gasteiger partial charge on any atom is 0.415 e. The van der Waals surface area contributed by atoms with Crippen molar-refractivity contribution in [2.24, 2.45) is 0 Å². The van der Waals surface area contributed by atoms with Gasteiger partial charge in [-0.1, -0.05) is 91.0 Å². The number of ether oxygens (including phenoxy) is 1. The zero-order valence-corrected chi connectivity index (χ0v) is 21.4. The molecule has 5 rings (SSSR count). The lowest BCUT2D eigenvalue weighted by atomic mass is 9.76. The van der Waals surface area contributed by atoms with Crippen LogP contribution in [0.25, 0.3) is 11.2 Å². The molecule has 0 saturated carbocycles. The van der Waals surface area contributed by atoms with Crippen LogP contribution in [0.1, 0.15) is 37.5 Å². The van der Waals surface area contributed by atoms with E-state index in [1.54, 1.807) is 13.4 Å². The Kier molecular flexibility index (Phi) is 6.21. The highest BCUT2D eigenvalue weighted by atomic mass is 16.6. The van der Waals surface area contributed by atoms with Crippen molar-refractivity contribution in [2.45, 2.75) is 31.9 Å². The number of amides is 1. The third-order valence-corrected chi connectivity index (χ3v) is 6.24. The molecule has 3 aromatic carbocycles. The summed E-state index contributed by atoms with van der Waals surface area (Å²) < 4.78 is 7.64. The standard InChI is InChI=1S/C30H29N5O2/c1-29(2,3)37-28(36)34(4)26-25-27(32-20-31-26)35(21-33-25)30(22-14-8-5-9-15-22,23-16-10-6-11-17-23)24-18-12-7-13-19-24/h5-21H,1-4H3. The zero-order chi connectivity index (χ0) is 26.0. The van der Waals surface area contributed by atoms with Crippen LogP contribution in [0, 0.1) is 0 Å². The molecule has 7 nitrogen and oxygen atoms in total. The minimum absolute atomic E-state index is 0.376. The lowest BCUT2D eigenvalue weighted by molar-refractivity contribution is 0.0588. The number of aromatic nitrogens is 4. The van der Waals surface area contributed by atoms with Gasteiger partial charge in [0.2, 0.25) is 0 Å². The number of anilines is 1.